The molecule has 0 heterocycles. The fraction of sp³-hybridized carbons (Fsp3) is 0.500. The topological polar surface area (TPSA) is 27.3 Å². The molecule has 3 nitrogen and oxygen atoms in total. The van der Waals surface area contributed by atoms with Gasteiger partial charge in [-0.05, 0) is 19.3 Å². The van der Waals surface area contributed by atoms with E-state index in [1.165, 1.54) is 0 Å². The molecule has 0 aromatic rings. The summed E-state index contributed by atoms with van der Waals surface area (Å²) in [4.78, 5) is 6.36. The summed E-state index contributed by atoms with van der Waals surface area (Å²) in [5.41, 5.74) is 0. The van der Waals surface area contributed by atoms with E-state index in [0.29, 0.717) is 0 Å². The molecule has 0 bridgehead atoms. The second-order valence-corrected chi connectivity index (χ2v) is 5.54. The largest absolute Gasteiger partial charge is 0.381 e. The van der Waals surface area contributed by atoms with Gasteiger partial charge in [0, 0.05) is 6.54 Å². The second-order valence-electron chi connectivity index (χ2n) is 2.34. The van der Waals surface area contributed by atoms with Crippen LogP contribution in [-0.4, -0.2) is 42.8 Å². The highest BCUT2D eigenvalue weighted by Crippen LogP contribution is 1.86. The fourth-order valence-electron chi connectivity index (χ4n) is 0.787. The van der Waals surface area contributed by atoms with Crippen LogP contribution in [0.4, 0.5) is 0 Å². The molecule has 0 aromatic heterocycles. The van der Waals surface area contributed by atoms with Crippen molar-refractivity contribution < 1.29 is 0 Å². The summed E-state index contributed by atoms with van der Waals surface area (Å²) in [5.74, 6) is 0. The third-order valence-corrected chi connectivity index (χ3v) is 4.53. The van der Waals surface area contributed by atoms with Gasteiger partial charge < -0.3 is 14.5 Å². The summed E-state index contributed by atoms with van der Waals surface area (Å²) in [6, 6.07) is 0. The van der Waals surface area contributed by atoms with Crippen LogP contribution in [0.1, 0.15) is 0 Å². The van der Waals surface area contributed by atoms with E-state index in [2.05, 4.69) is 27.7 Å². The summed E-state index contributed by atoms with van der Waals surface area (Å²) in [5, 5.41) is 0.894. The summed E-state index contributed by atoms with van der Waals surface area (Å²) in [6.45, 7) is 6.80. The molecular weight excluding hydrogens is 202 g/mol. The monoisotopic (exact) mass is 219 g/mol. The molecule has 0 aliphatic heterocycles. The summed E-state index contributed by atoms with van der Waals surface area (Å²) >= 11 is 5.20. The molecular formula is C6H17N3SSi2. The Morgan fingerprint density at radius 2 is 2.42 bits per heavy atom. The first-order valence-corrected chi connectivity index (χ1v) is 7.91. The molecule has 0 spiro atoms. The van der Waals surface area contributed by atoms with Gasteiger partial charge in [0.15, 0.2) is 15.0 Å². The molecule has 2 N–H and O–H groups in total. The van der Waals surface area contributed by atoms with Gasteiger partial charge in [-0.25, -0.2) is 0 Å². The Hall–Kier alpha value is -0.176. The predicted octanol–water partition coefficient (Wildman–Crippen LogP) is -1.30. The van der Waals surface area contributed by atoms with Crippen molar-refractivity contribution in [3.8, 4) is 0 Å². The smallest absolute Gasteiger partial charge is 0.198 e. The molecule has 0 aromatic carbocycles. The zero-order valence-electron chi connectivity index (χ0n) is 7.76. The Kier molecular flexibility index (Phi) is 7.36. The summed E-state index contributed by atoms with van der Waals surface area (Å²) in [6.07, 6.45) is 1.89. The number of hydrogen-bond donors (Lipinski definition) is 2. The highest BCUT2D eigenvalue weighted by atomic mass is 32.1. The van der Waals surface area contributed by atoms with Gasteiger partial charge in [0.2, 0.25) is 0 Å². The molecule has 0 saturated heterocycles. The number of hydrogen-bond acceptors (Lipinski definition) is 2. The van der Waals surface area contributed by atoms with Crippen LogP contribution in [0.2, 0.25) is 6.55 Å². The van der Waals surface area contributed by atoms with E-state index < -0.39 is 0 Å². The minimum absolute atomic E-state index is 0.206. The molecule has 0 unspecified atom stereocenters. The third-order valence-electron chi connectivity index (χ3n) is 1.43. The first-order chi connectivity index (χ1) is 5.76. The summed E-state index contributed by atoms with van der Waals surface area (Å²) in [7, 11) is 1.35. The lowest BCUT2D eigenvalue weighted by Gasteiger charge is -2.22. The van der Waals surface area contributed by atoms with Crippen molar-refractivity contribution in [1.29, 1.82) is 0 Å². The Morgan fingerprint density at radius 3 is 2.83 bits per heavy atom. The lowest BCUT2D eigenvalue weighted by Crippen LogP contribution is -2.45. The van der Waals surface area contributed by atoms with E-state index in [1.807, 2.05) is 13.1 Å². The molecule has 0 fully saturated rings. The van der Waals surface area contributed by atoms with Crippen LogP contribution in [0.15, 0.2) is 12.7 Å². The first-order valence-electron chi connectivity index (χ1n) is 4.04. The van der Waals surface area contributed by atoms with Gasteiger partial charge in [-0.2, -0.15) is 0 Å². The molecule has 0 radical (unpaired) electrons. The van der Waals surface area contributed by atoms with Gasteiger partial charge in [-0.15, -0.1) is 6.58 Å². The van der Waals surface area contributed by atoms with Gasteiger partial charge in [-0.3, -0.25) is 0 Å². The van der Waals surface area contributed by atoms with Crippen LogP contribution in [0.3, 0.4) is 0 Å². The van der Waals surface area contributed by atoms with E-state index in [-0.39, 0.29) is 19.5 Å². The quantitative estimate of drug-likeness (QED) is 0.341. The minimum Gasteiger partial charge on any atom is -0.381 e. The van der Waals surface area contributed by atoms with E-state index in [9.17, 15) is 0 Å². The van der Waals surface area contributed by atoms with Crippen LogP contribution in [0.5, 0.6) is 0 Å². The first kappa shape index (κ1) is 11.8. The number of nitrogens with zero attached hydrogens (tertiary/aromatic N) is 1. The van der Waals surface area contributed by atoms with Crippen molar-refractivity contribution in [3.63, 3.8) is 0 Å². The Morgan fingerprint density at radius 1 is 1.75 bits per heavy atom. The number of thiocarbonyl (C=S) groups is 1. The van der Waals surface area contributed by atoms with Crippen molar-refractivity contribution in [1.82, 2.24) is 14.5 Å². The number of rotatable bonds is 5. The summed E-state index contributed by atoms with van der Waals surface area (Å²) < 4.78 is 2.21. The molecule has 0 rings (SSSR count). The molecule has 0 aliphatic carbocycles. The highest BCUT2D eigenvalue weighted by molar-refractivity contribution is 7.80. The van der Waals surface area contributed by atoms with Gasteiger partial charge in [0.1, 0.15) is 9.68 Å². The Labute approximate surface area is 84.5 Å². The molecule has 6 heteroatoms. The van der Waals surface area contributed by atoms with Crippen LogP contribution < -0.4 is 9.96 Å². The molecule has 12 heavy (non-hydrogen) atoms. The van der Waals surface area contributed by atoms with Crippen molar-refractivity contribution >= 4 is 36.9 Å². The van der Waals surface area contributed by atoms with Crippen molar-refractivity contribution in [3.05, 3.63) is 12.7 Å². The van der Waals surface area contributed by atoms with Crippen LogP contribution in [-0.2, 0) is 0 Å². The van der Waals surface area contributed by atoms with Crippen LogP contribution >= 0.6 is 12.2 Å². The molecule has 0 amide bonds. The Balaban J connectivity index is 3.76. The lowest BCUT2D eigenvalue weighted by atomic mass is 10.6. The van der Waals surface area contributed by atoms with Crippen molar-refractivity contribution in [2.45, 2.75) is 6.55 Å². The SMILES string of the molecule is C=CCN([SiH2]C)C(=S)N[SiH2]NC. The van der Waals surface area contributed by atoms with Gasteiger partial charge in [-0.1, -0.05) is 12.6 Å². The maximum Gasteiger partial charge on any atom is 0.198 e. The highest BCUT2D eigenvalue weighted by Gasteiger charge is 2.02. The van der Waals surface area contributed by atoms with Crippen molar-refractivity contribution in [2.24, 2.45) is 0 Å². The molecule has 70 valence electrons. The second kappa shape index (κ2) is 7.47. The standard InChI is InChI=1S/C6H17N3SSi2/c1-4-5-9(11-3)6(10)8-12-7-2/h4,7H,1,5,11-12H2,2-3H3,(H,8,10). The van der Waals surface area contributed by atoms with E-state index in [0.717, 1.165) is 11.7 Å². The van der Waals surface area contributed by atoms with E-state index in [4.69, 9.17) is 12.2 Å². The average Bonchev–Trinajstić information content (AvgIpc) is 2.10. The third kappa shape index (κ3) is 4.65. The van der Waals surface area contributed by atoms with E-state index in [1.54, 1.807) is 0 Å². The van der Waals surface area contributed by atoms with Gasteiger partial charge >= 0.3 is 0 Å². The van der Waals surface area contributed by atoms with E-state index >= 15 is 0 Å². The van der Waals surface area contributed by atoms with Gasteiger partial charge in [0.25, 0.3) is 0 Å². The Bertz CT molecular complexity index is 154. The molecule has 0 aliphatic rings. The molecule has 0 saturated carbocycles. The van der Waals surface area contributed by atoms with Crippen LogP contribution in [0.25, 0.3) is 0 Å². The van der Waals surface area contributed by atoms with Crippen LogP contribution in [0, 0.1) is 0 Å². The fourth-order valence-corrected chi connectivity index (χ4v) is 3.08. The average molecular weight is 219 g/mol. The zero-order chi connectivity index (χ0) is 9.40. The normalized spacial score (nSPS) is 11.2. The minimum atomic E-state index is -0.390. The maximum absolute atomic E-state index is 5.20. The predicted molar refractivity (Wildman–Crippen MR) is 64.6 cm³/mol. The zero-order valence-corrected chi connectivity index (χ0v) is 11.4. The van der Waals surface area contributed by atoms with Gasteiger partial charge in [0.05, 0.1) is 0 Å². The number of nitrogens with one attached hydrogen (secondary N) is 2. The molecule has 0 atom stereocenters. The maximum atomic E-state index is 5.20. The lowest BCUT2D eigenvalue weighted by molar-refractivity contribution is 0.719. The van der Waals surface area contributed by atoms with Crippen molar-refractivity contribution in [2.75, 3.05) is 13.6 Å².